The van der Waals surface area contributed by atoms with Gasteiger partial charge in [0.05, 0.1) is 23.4 Å². The van der Waals surface area contributed by atoms with Gasteiger partial charge in [-0.05, 0) is 58.5 Å². The van der Waals surface area contributed by atoms with Crippen LogP contribution in [0.5, 0.6) is 0 Å². The van der Waals surface area contributed by atoms with Crippen LogP contribution in [0.3, 0.4) is 0 Å². The summed E-state index contributed by atoms with van der Waals surface area (Å²) in [6, 6.07) is 16.4. The largest absolute Gasteiger partial charge is 0.368 e. The Morgan fingerprint density at radius 2 is 1.66 bits per heavy atom. The molecule has 0 spiro atoms. The SMILES string of the molecule is CSc1ccc(CN2CCN(c3cccc4c3C(=O)N(Cc3ccsc3)C4=O)CC2)cc1. The molecule has 2 aliphatic heterocycles. The summed E-state index contributed by atoms with van der Waals surface area (Å²) in [5.74, 6) is -0.367. The van der Waals surface area contributed by atoms with E-state index in [4.69, 9.17) is 0 Å². The van der Waals surface area contributed by atoms with Crippen molar-refractivity contribution in [1.29, 1.82) is 0 Å². The number of anilines is 1. The minimum absolute atomic E-state index is 0.178. The second kappa shape index (κ2) is 9.10. The number of fused-ring (bicyclic) bond motifs is 1. The monoisotopic (exact) mass is 463 g/mol. The summed E-state index contributed by atoms with van der Waals surface area (Å²) < 4.78 is 0. The van der Waals surface area contributed by atoms with E-state index >= 15 is 0 Å². The second-order valence-electron chi connectivity index (χ2n) is 8.14. The van der Waals surface area contributed by atoms with Gasteiger partial charge in [-0.2, -0.15) is 11.3 Å². The highest BCUT2D eigenvalue weighted by Crippen LogP contribution is 2.33. The number of thiophene rings is 1. The van der Waals surface area contributed by atoms with Crippen LogP contribution in [0.1, 0.15) is 31.8 Å². The van der Waals surface area contributed by atoms with E-state index in [2.05, 4.69) is 40.3 Å². The molecule has 164 valence electrons. The van der Waals surface area contributed by atoms with E-state index in [-0.39, 0.29) is 11.8 Å². The normalized spacial score (nSPS) is 16.7. The number of imide groups is 1. The summed E-state index contributed by atoms with van der Waals surface area (Å²) in [7, 11) is 0. The van der Waals surface area contributed by atoms with E-state index in [1.807, 2.05) is 29.0 Å². The molecular formula is C25H25N3O2S2. The average molecular weight is 464 g/mol. The lowest BCUT2D eigenvalue weighted by Gasteiger charge is -2.36. The van der Waals surface area contributed by atoms with Crippen molar-refractivity contribution in [2.24, 2.45) is 0 Å². The minimum Gasteiger partial charge on any atom is -0.368 e. The molecule has 0 atom stereocenters. The zero-order valence-electron chi connectivity index (χ0n) is 18.0. The van der Waals surface area contributed by atoms with Crippen LogP contribution in [0.4, 0.5) is 5.69 Å². The zero-order chi connectivity index (χ0) is 22.1. The Labute approximate surface area is 196 Å². The molecule has 0 radical (unpaired) electrons. The Morgan fingerprint density at radius 1 is 0.875 bits per heavy atom. The van der Waals surface area contributed by atoms with Gasteiger partial charge in [0.2, 0.25) is 0 Å². The third kappa shape index (κ3) is 4.08. The molecule has 0 bridgehead atoms. The number of amides is 2. The summed E-state index contributed by atoms with van der Waals surface area (Å²) >= 11 is 3.33. The summed E-state index contributed by atoms with van der Waals surface area (Å²) in [5.41, 5.74) is 4.29. The van der Waals surface area contributed by atoms with Gasteiger partial charge in [-0.1, -0.05) is 18.2 Å². The molecule has 2 aliphatic rings. The first-order valence-corrected chi connectivity index (χ1v) is 12.9. The zero-order valence-corrected chi connectivity index (χ0v) is 19.6. The van der Waals surface area contributed by atoms with Gasteiger partial charge < -0.3 is 4.90 Å². The predicted molar refractivity (Wildman–Crippen MR) is 131 cm³/mol. The molecule has 32 heavy (non-hydrogen) atoms. The lowest BCUT2D eigenvalue weighted by atomic mass is 10.1. The highest BCUT2D eigenvalue weighted by Gasteiger charge is 2.38. The summed E-state index contributed by atoms with van der Waals surface area (Å²) in [6.07, 6.45) is 2.09. The Balaban J connectivity index is 1.28. The van der Waals surface area contributed by atoms with Crippen LogP contribution in [0.15, 0.2) is 64.2 Å². The van der Waals surface area contributed by atoms with Crippen LogP contribution in [-0.4, -0.2) is 54.0 Å². The van der Waals surface area contributed by atoms with Gasteiger partial charge in [0.15, 0.2) is 0 Å². The van der Waals surface area contributed by atoms with Gasteiger partial charge in [0.1, 0.15) is 0 Å². The van der Waals surface area contributed by atoms with Crippen molar-refractivity contribution in [3.8, 4) is 0 Å². The number of benzene rings is 2. The van der Waals surface area contributed by atoms with Gasteiger partial charge in [0, 0.05) is 37.6 Å². The molecule has 1 saturated heterocycles. The fraction of sp³-hybridized carbons (Fsp3) is 0.280. The van der Waals surface area contributed by atoms with Gasteiger partial charge in [-0.25, -0.2) is 0 Å². The average Bonchev–Trinajstić information content (AvgIpc) is 3.43. The third-order valence-corrected chi connectivity index (χ3v) is 7.65. The summed E-state index contributed by atoms with van der Waals surface area (Å²) in [4.78, 5) is 33.5. The molecule has 0 unspecified atom stereocenters. The Hall–Kier alpha value is -2.61. The summed E-state index contributed by atoms with van der Waals surface area (Å²) in [5, 5.41) is 3.95. The standard InChI is InChI=1S/C25H25N3O2S2/c1-31-20-7-5-18(6-8-20)15-26-10-12-27(13-11-26)22-4-2-3-21-23(22)25(30)28(24(21)29)16-19-9-14-32-17-19/h2-9,14,17H,10-13,15-16H2,1H3. The fourth-order valence-corrected chi connectivity index (χ4v) is 5.49. The molecule has 3 aromatic rings. The molecule has 2 amide bonds. The van der Waals surface area contributed by atoms with E-state index in [1.165, 1.54) is 15.4 Å². The van der Waals surface area contributed by atoms with Crippen molar-refractivity contribution in [2.45, 2.75) is 18.0 Å². The number of hydrogen-bond donors (Lipinski definition) is 0. The van der Waals surface area contributed by atoms with E-state index < -0.39 is 0 Å². The lowest BCUT2D eigenvalue weighted by Crippen LogP contribution is -2.46. The molecular weight excluding hydrogens is 438 g/mol. The fourth-order valence-electron chi connectivity index (χ4n) is 4.42. The first kappa shape index (κ1) is 21.2. The Morgan fingerprint density at radius 3 is 2.34 bits per heavy atom. The quantitative estimate of drug-likeness (QED) is 0.395. The molecule has 1 aromatic heterocycles. The molecule has 2 aromatic carbocycles. The third-order valence-electron chi connectivity index (χ3n) is 6.18. The van der Waals surface area contributed by atoms with Crippen molar-refractivity contribution in [1.82, 2.24) is 9.80 Å². The Kier molecular flexibility index (Phi) is 6.04. The maximum Gasteiger partial charge on any atom is 0.263 e. The van der Waals surface area contributed by atoms with Crippen LogP contribution in [0, 0.1) is 0 Å². The van der Waals surface area contributed by atoms with Crippen molar-refractivity contribution in [3.63, 3.8) is 0 Å². The predicted octanol–water partition coefficient (Wildman–Crippen LogP) is 4.59. The van der Waals surface area contributed by atoms with Crippen LogP contribution in [-0.2, 0) is 13.1 Å². The van der Waals surface area contributed by atoms with Crippen molar-refractivity contribution in [3.05, 3.63) is 81.5 Å². The molecule has 5 nitrogen and oxygen atoms in total. The molecule has 3 heterocycles. The highest BCUT2D eigenvalue weighted by molar-refractivity contribution is 7.98. The number of carbonyl (C=O) groups excluding carboxylic acids is 2. The van der Waals surface area contributed by atoms with Crippen molar-refractivity contribution >= 4 is 40.6 Å². The lowest BCUT2D eigenvalue weighted by molar-refractivity contribution is 0.0642. The highest BCUT2D eigenvalue weighted by atomic mass is 32.2. The number of nitrogens with zero attached hydrogens (tertiary/aromatic N) is 3. The molecule has 5 rings (SSSR count). The number of hydrogen-bond acceptors (Lipinski definition) is 6. The van der Waals surface area contributed by atoms with Gasteiger partial charge in [-0.15, -0.1) is 11.8 Å². The number of carbonyl (C=O) groups is 2. The molecule has 0 aliphatic carbocycles. The molecule has 0 saturated carbocycles. The van der Waals surface area contributed by atoms with Crippen LogP contribution in [0.25, 0.3) is 0 Å². The number of rotatable bonds is 6. The van der Waals surface area contributed by atoms with Crippen LogP contribution < -0.4 is 4.90 Å². The van der Waals surface area contributed by atoms with Crippen molar-refractivity contribution < 1.29 is 9.59 Å². The van der Waals surface area contributed by atoms with E-state index in [0.29, 0.717) is 17.7 Å². The second-order valence-corrected chi connectivity index (χ2v) is 9.80. The first-order chi connectivity index (χ1) is 15.6. The minimum atomic E-state index is -0.189. The van der Waals surface area contributed by atoms with Crippen molar-refractivity contribution in [2.75, 3.05) is 37.3 Å². The van der Waals surface area contributed by atoms with Crippen LogP contribution in [0.2, 0.25) is 0 Å². The first-order valence-electron chi connectivity index (χ1n) is 10.7. The number of piperazine rings is 1. The van der Waals surface area contributed by atoms with Gasteiger partial charge in [-0.3, -0.25) is 19.4 Å². The van der Waals surface area contributed by atoms with Gasteiger partial charge >= 0.3 is 0 Å². The smallest absolute Gasteiger partial charge is 0.263 e. The Bertz CT molecular complexity index is 1120. The van der Waals surface area contributed by atoms with E-state index in [0.717, 1.165) is 44.0 Å². The number of thioether (sulfide) groups is 1. The maximum atomic E-state index is 13.2. The van der Waals surface area contributed by atoms with E-state index in [9.17, 15) is 9.59 Å². The maximum absolute atomic E-state index is 13.2. The van der Waals surface area contributed by atoms with E-state index in [1.54, 1.807) is 29.2 Å². The molecule has 0 N–H and O–H groups in total. The topological polar surface area (TPSA) is 43.9 Å². The summed E-state index contributed by atoms with van der Waals surface area (Å²) in [6.45, 7) is 4.79. The molecule has 1 fully saturated rings. The molecule has 7 heteroatoms. The van der Waals surface area contributed by atoms with Crippen LogP contribution >= 0.6 is 23.1 Å². The van der Waals surface area contributed by atoms with Gasteiger partial charge in [0.25, 0.3) is 11.8 Å².